The molecule has 0 atom stereocenters. The average molecular weight is 358 g/mol. The van der Waals surface area contributed by atoms with Crippen LogP contribution in [-0.4, -0.2) is 16.8 Å². The van der Waals surface area contributed by atoms with Crippen LogP contribution in [0.2, 0.25) is 0 Å². The predicted octanol–water partition coefficient (Wildman–Crippen LogP) is 5.25. The van der Waals surface area contributed by atoms with Gasteiger partial charge in [0.2, 0.25) is 0 Å². The van der Waals surface area contributed by atoms with E-state index in [-0.39, 0.29) is 0 Å². The van der Waals surface area contributed by atoms with Gasteiger partial charge in [-0.15, -0.1) is 0 Å². The molecule has 1 aliphatic carbocycles. The van der Waals surface area contributed by atoms with E-state index in [1.54, 1.807) is 0 Å². The standard InChI is InChI=1S/C20H24BrN/c21-16-20(12-7-13-20)17-22(14-18-8-3-1-4-9-18)15-19-10-5-2-6-11-19/h1-6,8-11H,7,12-17H2. The summed E-state index contributed by atoms with van der Waals surface area (Å²) in [6.07, 6.45) is 4.10. The number of alkyl halides is 1. The minimum atomic E-state index is 0.490. The second kappa shape index (κ2) is 7.43. The third-order valence-corrected chi connectivity index (χ3v) is 5.94. The topological polar surface area (TPSA) is 3.24 Å². The Kier molecular flexibility index (Phi) is 5.32. The second-order valence-corrected chi connectivity index (χ2v) is 7.16. The van der Waals surface area contributed by atoms with Crippen LogP contribution >= 0.6 is 15.9 Å². The van der Waals surface area contributed by atoms with E-state index in [1.807, 2.05) is 0 Å². The number of benzene rings is 2. The Bertz CT molecular complexity index is 516. The van der Waals surface area contributed by atoms with E-state index < -0.39 is 0 Å². The maximum atomic E-state index is 3.76. The molecule has 0 amide bonds. The normalized spacial score (nSPS) is 16.5. The number of halogens is 1. The lowest BCUT2D eigenvalue weighted by atomic mass is 9.70. The smallest absolute Gasteiger partial charge is 0.0237 e. The first-order valence-corrected chi connectivity index (χ1v) is 9.28. The van der Waals surface area contributed by atoms with Gasteiger partial charge >= 0.3 is 0 Å². The molecule has 2 heteroatoms. The van der Waals surface area contributed by atoms with E-state index in [9.17, 15) is 0 Å². The minimum absolute atomic E-state index is 0.490. The molecule has 0 spiro atoms. The number of hydrogen-bond donors (Lipinski definition) is 0. The zero-order valence-corrected chi connectivity index (χ0v) is 14.6. The van der Waals surface area contributed by atoms with E-state index in [0.29, 0.717) is 5.41 Å². The van der Waals surface area contributed by atoms with Crippen molar-refractivity contribution >= 4 is 15.9 Å². The highest BCUT2D eigenvalue weighted by Gasteiger charge is 2.37. The van der Waals surface area contributed by atoms with Crippen LogP contribution in [0.25, 0.3) is 0 Å². The van der Waals surface area contributed by atoms with Gasteiger partial charge in [-0.25, -0.2) is 0 Å². The van der Waals surface area contributed by atoms with Crippen LogP contribution in [0.3, 0.4) is 0 Å². The number of nitrogens with zero attached hydrogens (tertiary/aromatic N) is 1. The molecule has 0 N–H and O–H groups in total. The third-order valence-electron chi connectivity index (χ3n) is 4.75. The van der Waals surface area contributed by atoms with Gasteiger partial charge in [-0.1, -0.05) is 83.0 Å². The second-order valence-electron chi connectivity index (χ2n) is 6.60. The molecule has 2 aromatic rings. The van der Waals surface area contributed by atoms with Crippen molar-refractivity contribution in [2.45, 2.75) is 32.4 Å². The van der Waals surface area contributed by atoms with Gasteiger partial charge in [-0.3, -0.25) is 4.90 Å². The first-order valence-electron chi connectivity index (χ1n) is 8.16. The Hall–Kier alpha value is -1.12. The Morgan fingerprint density at radius 3 is 1.68 bits per heavy atom. The fraction of sp³-hybridized carbons (Fsp3) is 0.400. The molecule has 0 bridgehead atoms. The van der Waals surface area contributed by atoms with Crippen LogP contribution < -0.4 is 0 Å². The Morgan fingerprint density at radius 1 is 0.818 bits per heavy atom. The lowest BCUT2D eigenvalue weighted by molar-refractivity contribution is 0.0823. The van der Waals surface area contributed by atoms with Crippen molar-refractivity contribution in [2.75, 3.05) is 11.9 Å². The van der Waals surface area contributed by atoms with Crippen LogP contribution in [-0.2, 0) is 13.1 Å². The summed E-state index contributed by atoms with van der Waals surface area (Å²) >= 11 is 3.76. The molecule has 22 heavy (non-hydrogen) atoms. The summed E-state index contributed by atoms with van der Waals surface area (Å²) in [5.74, 6) is 0. The molecule has 0 unspecified atom stereocenters. The van der Waals surface area contributed by atoms with E-state index in [4.69, 9.17) is 0 Å². The highest BCUT2D eigenvalue weighted by atomic mass is 79.9. The predicted molar refractivity (Wildman–Crippen MR) is 97.1 cm³/mol. The molecule has 0 radical (unpaired) electrons. The summed E-state index contributed by atoms with van der Waals surface area (Å²) in [6.45, 7) is 3.25. The number of hydrogen-bond acceptors (Lipinski definition) is 1. The van der Waals surface area contributed by atoms with Crippen LogP contribution in [0.1, 0.15) is 30.4 Å². The molecule has 116 valence electrons. The molecule has 0 aromatic heterocycles. The van der Waals surface area contributed by atoms with Crippen LogP contribution in [0.4, 0.5) is 0 Å². The van der Waals surface area contributed by atoms with Gasteiger partial charge in [0.05, 0.1) is 0 Å². The lowest BCUT2D eigenvalue weighted by Crippen LogP contribution is -2.43. The van der Waals surface area contributed by atoms with Crippen molar-refractivity contribution in [2.24, 2.45) is 5.41 Å². The van der Waals surface area contributed by atoms with Crippen molar-refractivity contribution in [1.29, 1.82) is 0 Å². The molecule has 0 saturated heterocycles. The van der Waals surface area contributed by atoms with Gasteiger partial charge in [-0.05, 0) is 29.4 Å². The lowest BCUT2D eigenvalue weighted by Gasteiger charge is -2.44. The van der Waals surface area contributed by atoms with Crippen molar-refractivity contribution in [1.82, 2.24) is 4.90 Å². The quantitative estimate of drug-likeness (QED) is 0.611. The average Bonchev–Trinajstić information content (AvgIpc) is 2.53. The molecular weight excluding hydrogens is 334 g/mol. The Balaban J connectivity index is 1.72. The van der Waals surface area contributed by atoms with Gasteiger partial charge in [0, 0.05) is 25.0 Å². The summed E-state index contributed by atoms with van der Waals surface area (Å²) in [6, 6.07) is 21.7. The molecule has 0 heterocycles. The van der Waals surface area contributed by atoms with E-state index in [2.05, 4.69) is 81.5 Å². The number of rotatable bonds is 7. The first kappa shape index (κ1) is 15.8. The summed E-state index contributed by atoms with van der Waals surface area (Å²) < 4.78 is 0. The van der Waals surface area contributed by atoms with Crippen molar-refractivity contribution in [3.8, 4) is 0 Å². The Morgan fingerprint density at radius 2 is 1.32 bits per heavy atom. The fourth-order valence-corrected chi connectivity index (χ4v) is 4.07. The molecule has 2 aromatic carbocycles. The monoisotopic (exact) mass is 357 g/mol. The SMILES string of the molecule is BrCC1(CN(Cc2ccccc2)Cc2ccccc2)CCC1. The molecular formula is C20H24BrN. The third kappa shape index (κ3) is 3.99. The minimum Gasteiger partial charge on any atom is -0.294 e. The van der Waals surface area contributed by atoms with Crippen molar-refractivity contribution in [3.63, 3.8) is 0 Å². The summed E-state index contributed by atoms with van der Waals surface area (Å²) in [4.78, 5) is 2.62. The van der Waals surface area contributed by atoms with Gasteiger partial charge in [0.15, 0.2) is 0 Å². The summed E-state index contributed by atoms with van der Waals surface area (Å²) in [5, 5.41) is 1.13. The highest BCUT2D eigenvalue weighted by molar-refractivity contribution is 9.09. The van der Waals surface area contributed by atoms with Gasteiger partial charge in [0.1, 0.15) is 0 Å². The summed E-state index contributed by atoms with van der Waals surface area (Å²) in [7, 11) is 0. The van der Waals surface area contributed by atoms with Crippen LogP contribution in [0.5, 0.6) is 0 Å². The molecule has 1 aliphatic rings. The van der Waals surface area contributed by atoms with Crippen LogP contribution in [0.15, 0.2) is 60.7 Å². The molecule has 1 nitrogen and oxygen atoms in total. The fourth-order valence-electron chi connectivity index (χ4n) is 3.34. The zero-order chi connectivity index (χ0) is 15.3. The van der Waals surface area contributed by atoms with E-state index in [1.165, 1.54) is 36.9 Å². The van der Waals surface area contributed by atoms with Crippen LogP contribution in [0, 0.1) is 5.41 Å². The summed E-state index contributed by atoms with van der Waals surface area (Å²) in [5.41, 5.74) is 3.30. The Labute approximate surface area is 142 Å². The molecule has 3 rings (SSSR count). The van der Waals surface area contributed by atoms with Gasteiger partial charge in [0.25, 0.3) is 0 Å². The van der Waals surface area contributed by atoms with Gasteiger partial charge < -0.3 is 0 Å². The van der Waals surface area contributed by atoms with E-state index >= 15 is 0 Å². The zero-order valence-electron chi connectivity index (χ0n) is 13.0. The first-order chi connectivity index (χ1) is 10.8. The maximum Gasteiger partial charge on any atom is 0.0237 e. The molecule has 0 aliphatic heterocycles. The maximum absolute atomic E-state index is 3.76. The highest BCUT2D eigenvalue weighted by Crippen LogP contribution is 2.43. The van der Waals surface area contributed by atoms with Crippen molar-refractivity contribution < 1.29 is 0 Å². The van der Waals surface area contributed by atoms with Crippen molar-refractivity contribution in [3.05, 3.63) is 71.8 Å². The van der Waals surface area contributed by atoms with E-state index in [0.717, 1.165) is 18.4 Å². The molecule has 1 fully saturated rings. The van der Waals surface area contributed by atoms with Gasteiger partial charge in [-0.2, -0.15) is 0 Å². The molecule has 1 saturated carbocycles. The largest absolute Gasteiger partial charge is 0.294 e.